The summed E-state index contributed by atoms with van der Waals surface area (Å²) in [6.45, 7) is -0.812. The van der Waals surface area contributed by atoms with Crippen LogP contribution in [0.5, 0.6) is 5.75 Å². The summed E-state index contributed by atoms with van der Waals surface area (Å²) in [5.74, 6) is -0.693. The lowest BCUT2D eigenvalue weighted by Crippen LogP contribution is -2.38. The molecule has 0 aromatic heterocycles. The highest BCUT2D eigenvalue weighted by Crippen LogP contribution is 2.29. The standard InChI is InChI=1S/C20H21NO6S/c22-19(21-16-10-11-28(24,25)14-16)12-27-20(23)13-26-18-9-5-4-8-17(18)15-6-2-1-3-7-15/h1-9,16H,10-14H2,(H,21,22)/t16-/m0/s1. The zero-order valence-corrected chi connectivity index (χ0v) is 16.0. The largest absolute Gasteiger partial charge is 0.481 e. The summed E-state index contributed by atoms with van der Waals surface area (Å²) in [4.78, 5) is 23.7. The minimum Gasteiger partial charge on any atom is -0.481 e. The highest BCUT2D eigenvalue weighted by atomic mass is 32.2. The summed E-state index contributed by atoms with van der Waals surface area (Å²) < 4.78 is 33.2. The molecule has 2 aromatic rings. The van der Waals surface area contributed by atoms with Crippen molar-refractivity contribution >= 4 is 21.7 Å². The molecule has 1 fully saturated rings. The van der Waals surface area contributed by atoms with Crippen molar-refractivity contribution in [2.24, 2.45) is 0 Å². The summed E-state index contributed by atoms with van der Waals surface area (Å²) in [7, 11) is -3.08. The fraction of sp³-hybridized carbons (Fsp3) is 0.300. The van der Waals surface area contributed by atoms with Crippen LogP contribution in [-0.4, -0.2) is 51.1 Å². The van der Waals surface area contributed by atoms with E-state index >= 15 is 0 Å². The molecule has 0 bridgehead atoms. The van der Waals surface area contributed by atoms with Gasteiger partial charge in [0.2, 0.25) is 0 Å². The molecule has 0 spiro atoms. The molecule has 0 saturated carbocycles. The summed E-state index contributed by atoms with van der Waals surface area (Å²) in [6.07, 6.45) is 0.376. The average Bonchev–Trinajstić information content (AvgIpc) is 3.04. The molecule has 2 aromatic carbocycles. The Bertz CT molecular complexity index is 942. The van der Waals surface area contributed by atoms with Crippen molar-refractivity contribution in [3.05, 3.63) is 54.6 Å². The zero-order valence-electron chi connectivity index (χ0n) is 15.2. The van der Waals surface area contributed by atoms with Crippen LogP contribution in [0.2, 0.25) is 0 Å². The van der Waals surface area contributed by atoms with Gasteiger partial charge in [-0.1, -0.05) is 48.5 Å². The van der Waals surface area contributed by atoms with E-state index in [0.717, 1.165) is 11.1 Å². The molecule has 1 N–H and O–H groups in total. The Balaban J connectivity index is 1.47. The fourth-order valence-corrected chi connectivity index (χ4v) is 4.62. The van der Waals surface area contributed by atoms with E-state index in [1.54, 1.807) is 12.1 Å². The van der Waals surface area contributed by atoms with Gasteiger partial charge in [-0.2, -0.15) is 0 Å². The van der Waals surface area contributed by atoms with Gasteiger partial charge in [-0.15, -0.1) is 0 Å². The van der Waals surface area contributed by atoms with Crippen LogP contribution in [0.3, 0.4) is 0 Å². The van der Waals surface area contributed by atoms with Crippen molar-refractivity contribution in [1.82, 2.24) is 5.32 Å². The number of carbonyl (C=O) groups is 2. The van der Waals surface area contributed by atoms with Crippen molar-refractivity contribution in [2.75, 3.05) is 24.7 Å². The fourth-order valence-electron chi connectivity index (χ4n) is 2.95. The monoisotopic (exact) mass is 403 g/mol. The maximum absolute atomic E-state index is 11.9. The molecule has 148 valence electrons. The first kappa shape index (κ1) is 19.9. The quantitative estimate of drug-likeness (QED) is 0.705. The molecule has 3 rings (SSSR count). The maximum Gasteiger partial charge on any atom is 0.344 e. The summed E-state index contributed by atoms with van der Waals surface area (Å²) in [5, 5.41) is 2.56. The van der Waals surface area contributed by atoms with E-state index in [0.29, 0.717) is 12.2 Å². The number of hydrogen-bond donors (Lipinski definition) is 1. The number of rotatable bonds is 7. The van der Waals surface area contributed by atoms with Gasteiger partial charge in [0.05, 0.1) is 11.5 Å². The lowest BCUT2D eigenvalue weighted by Gasteiger charge is -2.12. The molecular formula is C20H21NO6S. The highest BCUT2D eigenvalue weighted by molar-refractivity contribution is 7.91. The topological polar surface area (TPSA) is 98.8 Å². The molecular weight excluding hydrogens is 382 g/mol. The summed E-state index contributed by atoms with van der Waals surface area (Å²) in [6, 6.07) is 16.5. The molecule has 1 saturated heterocycles. The minimum atomic E-state index is -3.08. The van der Waals surface area contributed by atoms with Gasteiger partial charge in [-0.3, -0.25) is 4.79 Å². The Hall–Kier alpha value is -2.87. The van der Waals surface area contributed by atoms with Gasteiger partial charge in [-0.25, -0.2) is 13.2 Å². The van der Waals surface area contributed by atoms with E-state index in [1.165, 1.54) is 0 Å². The van der Waals surface area contributed by atoms with Gasteiger partial charge >= 0.3 is 5.97 Å². The Morgan fingerprint density at radius 1 is 1.00 bits per heavy atom. The lowest BCUT2D eigenvalue weighted by atomic mass is 10.1. The number of nitrogens with one attached hydrogen (secondary N) is 1. The number of ether oxygens (including phenoxy) is 2. The Labute approximate surface area is 163 Å². The van der Waals surface area contributed by atoms with Crippen molar-refractivity contribution in [3.63, 3.8) is 0 Å². The number of esters is 1. The third-order valence-corrected chi connectivity index (χ3v) is 6.05. The summed E-state index contributed by atoms with van der Waals surface area (Å²) in [5.41, 5.74) is 1.80. The Morgan fingerprint density at radius 2 is 1.71 bits per heavy atom. The molecule has 1 atom stereocenters. The van der Waals surface area contributed by atoms with Crippen LogP contribution in [0, 0.1) is 0 Å². The summed E-state index contributed by atoms with van der Waals surface area (Å²) >= 11 is 0. The maximum atomic E-state index is 11.9. The van der Waals surface area contributed by atoms with E-state index in [2.05, 4.69) is 5.32 Å². The van der Waals surface area contributed by atoms with Crippen molar-refractivity contribution in [2.45, 2.75) is 12.5 Å². The van der Waals surface area contributed by atoms with Crippen molar-refractivity contribution < 1.29 is 27.5 Å². The molecule has 0 radical (unpaired) electrons. The number of amides is 1. The van der Waals surface area contributed by atoms with E-state index in [-0.39, 0.29) is 18.1 Å². The Kier molecular flexibility index (Phi) is 6.30. The first-order valence-electron chi connectivity index (χ1n) is 8.85. The first-order valence-corrected chi connectivity index (χ1v) is 10.7. The second-order valence-corrected chi connectivity index (χ2v) is 8.71. The second-order valence-electron chi connectivity index (χ2n) is 6.48. The van der Waals surface area contributed by atoms with Crippen LogP contribution in [0.1, 0.15) is 6.42 Å². The molecule has 1 aliphatic heterocycles. The van der Waals surface area contributed by atoms with E-state index in [1.807, 2.05) is 42.5 Å². The van der Waals surface area contributed by atoms with Gasteiger partial charge in [-0.05, 0) is 18.1 Å². The normalized spacial score (nSPS) is 17.6. The molecule has 1 amide bonds. The highest BCUT2D eigenvalue weighted by Gasteiger charge is 2.29. The second kappa shape index (κ2) is 8.88. The van der Waals surface area contributed by atoms with Gasteiger partial charge in [0.15, 0.2) is 23.1 Å². The van der Waals surface area contributed by atoms with Crippen molar-refractivity contribution in [3.8, 4) is 16.9 Å². The Morgan fingerprint density at radius 3 is 2.43 bits per heavy atom. The molecule has 0 aliphatic carbocycles. The first-order chi connectivity index (χ1) is 13.4. The minimum absolute atomic E-state index is 0.0619. The number of para-hydroxylation sites is 1. The van der Waals surface area contributed by atoms with Crippen LogP contribution in [0.4, 0.5) is 0 Å². The smallest absolute Gasteiger partial charge is 0.344 e. The van der Waals surface area contributed by atoms with Gasteiger partial charge in [0.25, 0.3) is 5.91 Å². The number of carbonyl (C=O) groups excluding carboxylic acids is 2. The van der Waals surface area contributed by atoms with Crippen LogP contribution >= 0.6 is 0 Å². The van der Waals surface area contributed by atoms with Crippen LogP contribution in [0.25, 0.3) is 11.1 Å². The molecule has 8 heteroatoms. The van der Waals surface area contributed by atoms with Crippen LogP contribution in [0.15, 0.2) is 54.6 Å². The number of benzene rings is 2. The third-order valence-electron chi connectivity index (χ3n) is 4.28. The molecule has 1 aliphatic rings. The molecule has 1 heterocycles. The predicted octanol–water partition coefficient (Wildman–Crippen LogP) is 1.58. The molecule has 28 heavy (non-hydrogen) atoms. The van der Waals surface area contributed by atoms with Crippen LogP contribution < -0.4 is 10.1 Å². The number of hydrogen-bond acceptors (Lipinski definition) is 6. The van der Waals surface area contributed by atoms with Gasteiger partial charge < -0.3 is 14.8 Å². The predicted molar refractivity (Wildman–Crippen MR) is 104 cm³/mol. The molecule has 7 nitrogen and oxygen atoms in total. The number of sulfone groups is 1. The van der Waals surface area contributed by atoms with E-state index < -0.39 is 34.4 Å². The van der Waals surface area contributed by atoms with E-state index in [9.17, 15) is 18.0 Å². The van der Waals surface area contributed by atoms with E-state index in [4.69, 9.17) is 9.47 Å². The van der Waals surface area contributed by atoms with Gasteiger partial charge in [0.1, 0.15) is 5.75 Å². The van der Waals surface area contributed by atoms with Crippen molar-refractivity contribution in [1.29, 1.82) is 0 Å². The molecule has 0 unspecified atom stereocenters. The van der Waals surface area contributed by atoms with Gasteiger partial charge in [0, 0.05) is 11.6 Å². The zero-order chi connectivity index (χ0) is 20.0. The van der Waals surface area contributed by atoms with Crippen LogP contribution in [-0.2, 0) is 24.2 Å². The third kappa shape index (κ3) is 5.56. The average molecular weight is 403 g/mol. The SMILES string of the molecule is O=C(COC(=O)COc1ccccc1-c1ccccc1)N[C@H]1CCS(=O)(=O)C1. The lowest BCUT2D eigenvalue weighted by molar-refractivity contribution is -0.150.